The molecule has 2 rings (SSSR count). The summed E-state index contributed by atoms with van der Waals surface area (Å²) in [6.45, 7) is 5.66. The zero-order valence-corrected chi connectivity index (χ0v) is 13.1. The molecular formula is C17H28N2O. The van der Waals surface area contributed by atoms with Crippen molar-refractivity contribution < 1.29 is 4.74 Å². The first kappa shape index (κ1) is 15.3. The first-order chi connectivity index (χ1) is 9.78. The Balaban J connectivity index is 2.02. The van der Waals surface area contributed by atoms with Crippen molar-refractivity contribution in [2.75, 3.05) is 33.8 Å². The van der Waals surface area contributed by atoms with E-state index in [0.29, 0.717) is 6.04 Å². The van der Waals surface area contributed by atoms with Gasteiger partial charge in [0.15, 0.2) is 0 Å². The van der Waals surface area contributed by atoms with Crippen molar-refractivity contribution in [1.29, 1.82) is 0 Å². The summed E-state index contributed by atoms with van der Waals surface area (Å²) in [7, 11) is 3.78. The van der Waals surface area contributed by atoms with Crippen molar-refractivity contribution in [2.24, 2.45) is 5.92 Å². The van der Waals surface area contributed by atoms with Gasteiger partial charge in [-0.15, -0.1) is 0 Å². The predicted octanol–water partition coefficient (Wildman–Crippen LogP) is 3.08. The smallest absolute Gasteiger partial charge is 0.123 e. The van der Waals surface area contributed by atoms with Gasteiger partial charge in [0, 0.05) is 24.7 Å². The van der Waals surface area contributed by atoms with Gasteiger partial charge in [0.2, 0.25) is 0 Å². The third kappa shape index (κ3) is 3.74. The Labute approximate surface area is 123 Å². The molecule has 1 aromatic rings. The zero-order chi connectivity index (χ0) is 14.4. The van der Waals surface area contributed by atoms with Crippen molar-refractivity contribution in [3.8, 4) is 5.75 Å². The Morgan fingerprint density at radius 1 is 1.35 bits per heavy atom. The van der Waals surface area contributed by atoms with Gasteiger partial charge in [-0.05, 0) is 38.4 Å². The van der Waals surface area contributed by atoms with E-state index >= 15 is 0 Å². The predicted molar refractivity (Wildman–Crippen MR) is 84.2 cm³/mol. The second kappa shape index (κ2) is 7.65. The molecule has 112 valence electrons. The van der Waals surface area contributed by atoms with Crippen molar-refractivity contribution >= 4 is 0 Å². The van der Waals surface area contributed by atoms with E-state index in [9.17, 15) is 0 Å². The van der Waals surface area contributed by atoms with Gasteiger partial charge < -0.3 is 15.0 Å². The first-order valence-electron chi connectivity index (χ1n) is 7.81. The van der Waals surface area contributed by atoms with Crippen LogP contribution in [0, 0.1) is 5.92 Å². The van der Waals surface area contributed by atoms with E-state index in [0.717, 1.165) is 24.8 Å². The molecule has 1 unspecified atom stereocenters. The number of hydrogen-bond acceptors (Lipinski definition) is 3. The molecule has 1 fully saturated rings. The van der Waals surface area contributed by atoms with Gasteiger partial charge in [0.1, 0.15) is 5.75 Å². The summed E-state index contributed by atoms with van der Waals surface area (Å²) in [5.74, 6) is 1.90. The van der Waals surface area contributed by atoms with Crippen molar-refractivity contribution in [3.63, 3.8) is 0 Å². The number of nitrogens with one attached hydrogen (secondary N) is 1. The van der Waals surface area contributed by atoms with E-state index in [1.807, 2.05) is 19.2 Å². The molecule has 1 saturated carbocycles. The molecule has 0 aromatic heterocycles. The number of methoxy groups -OCH3 is 1. The van der Waals surface area contributed by atoms with Gasteiger partial charge in [-0.25, -0.2) is 0 Å². The molecule has 0 amide bonds. The topological polar surface area (TPSA) is 24.5 Å². The molecule has 1 N–H and O–H groups in total. The van der Waals surface area contributed by atoms with Gasteiger partial charge in [-0.3, -0.25) is 0 Å². The summed E-state index contributed by atoms with van der Waals surface area (Å²) < 4.78 is 5.50. The summed E-state index contributed by atoms with van der Waals surface area (Å²) in [5.41, 5.74) is 1.25. The standard InChI is InChI=1S/C17H28N2O/c1-4-19(12-14-8-7-9-14)13-16(18-2)15-10-5-6-11-17(15)20-3/h5-6,10-11,14,16,18H,4,7-9,12-13H2,1-3H3. The van der Waals surface area contributed by atoms with Crippen molar-refractivity contribution in [3.05, 3.63) is 29.8 Å². The van der Waals surface area contributed by atoms with Crippen LogP contribution in [0.25, 0.3) is 0 Å². The summed E-state index contributed by atoms with van der Waals surface area (Å²) in [6.07, 6.45) is 4.24. The van der Waals surface area contributed by atoms with Crippen LogP contribution in [-0.2, 0) is 0 Å². The second-order valence-electron chi connectivity index (χ2n) is 5.73. The molecule has 3 heteroatoms. The highest BCUT2D eigenvalue weighted by Crippen LogP contribution is 2.29. The lowest BCUT2D eigenvalue weighted by molar-refractivity contribution is 0.171. The van der Waals surface area contributed by atoms with Gasteiger partial charge in [-0.1, -0.05) is 31.5 Å². The van der Waals surface area contributed by atoms with Crippen LogP contribution >= 0.6 is 0 Å². The molecule has 20 heavy (non-hydrogen) atoms. The van der Waals surface area contributed by atoms with Crippen molar-refractivity contribution in [1.82, 2.24) is 10.2 Å². The number of hydrogen-bond donors (Lipinski definition) is 1. The quantitative estimate of drug-likeness (QED) is 0.789. The van der Waals surface area contributed by atoms with Gasteiger partial charge >= 0.3 is 0 Å². The molecule has 0 aliphatic heterocycles. The molecule has 1 aliphatic carbocycles. The molecule has 1 aromatic carbocycles. The Morgan fingerprint density at radius 2 is 2.10 bits per heavy atom. The van der Waals surface area contributed by atoms with Crippen LogP contribution in [0.1, 0.15) is 37.8 Å². The van der Waals surface area contributed by atoms with Crippen LogP contribution in [0.2, 0.25) is 0 Å². The summed E-state index contributed by atoms with van der Waals surface area (Å²) >= 11 is 0. The average molecular weight is 276 g/mol. The Bertz CT molecular complexity index is 404. The minimum Gasteiger partial charge on any atom is -0.496 e. The van der Waals surface area contributed by atoms with Crippen LogP contribution in [-0.4, -0.2) is 38.7 Å². The number of rotatable bonds is 8. The second-order valence-corrected chi connectivity index (χ2v) is 5.73. The number of ether oxygens (including phenoxy) is 1. The summed E-state index contributed by atoms with van der Waals surface area (Å²) in [6, 6.07) is 8.65. The van der Waals surface area contributed by atoms with E-state index in [-0.39, 0.29) is 0 Å². The maximum absolute atomic E-state index is 5.50. The highest BCUT2D eigenvalue weighted by Gasteiger charge is 2.22. The molecular weight excluding hydrogens is 248 g/mol. The van der Waals surface area contributed by atoms with Gasteiger partial charge in [0.05, 0.1) is 7.11 Å². The Kier molecular flexibility index (Phi) is 5.86. The zero-order valence-electron chi connectivity index (χ0n) is 13.1. The monoisotopic (exact) mass is 276 g/mol. The Hall–Kier alpha value is -1.06. The molecule has 0 saturated heterocycles. The fraction of sp³-hybridized carbons (Fsp3) is 0.647. The maximum atomic E-state index is 5.50. The summed E-state index contributed by atoms with van der Waals surface area (Å²) in [4.78, 5) is 2.57. The average Bonchev–Trinajstić information content (AvgIpc) is 2.46. The van der Waals surface area contributed by atoms with Crippen molar-refractivity contribution in [2.45, 2.75) is 32.2 Å². The molecule has 0 radical (unpaired) electrons. The number of likely N-dealkylation sites (N-methyl/N-ethyl adjacent to an activating group) is 2. The van der Waals surface area contributed by atoms with Crippen LogP contribution < -0.4 is 10.1 Å². The van der Waals surface area contributed by atoms with E-state index in [1.54, 1.807) is 7.11 Å². The number of benzene rings is 1. The van der Waals surface area contributed by atoms with E-state index < -0.39 is 0 Å². The van der Waals surface area contributed by atoms with Gasteiger partial charge in [0.25, 0.3) is 0 Å². The fourth-order valence-electron chi connectivity index (χ4n) is 2.93. The molecule has 0 bridgehead atoms. The lowest BCUT2D eigenvalue weighted by Gasteiger charge is -2.34. The minimum atomic E-state index is 0.325. The third-order valence-corrected chi connectivity index (χ3v) is 4.49. The lowest BCUT2D eigenvalue weighted by atomic mass is 9.85. The minimum absolute atomic E-state index is 0.325. The van der Waals surface area contributed by atoms with Crippen LogP contribution in [0.3, 0.4) is 0 Å². The SMILES string of the molecule is CCN(CC1CCC1)CC(NC)c1ccccc1OC. The summed E-state index contributed by atoms with van der Waals surface area (Å²) in [5, 5.41) is 3.45. The van der Waals surface area contributed by atoms with Crippen LogP contribution in [0.5, 0.6) is 5.75 Å². The largest absolute Gasteiger partial charge is 0.496 e. The lowest BCUT2D eigenvalue weighted by Crippen LogP contribution is -2.38. The van der Waals surface area contributed by atoms with Crippen LogP contribution in [0.15, 0.2) is 24.3 Å². The molecule has 0 heterocycles. The van der Waals surface area contributed by atoms with E-state index in [4.69, 9.17) is 4.74 Å². The third-order valence-electron chi connectivity index (χ3n) is 4.49. The number of nitrogens with zero attached hydrogens (tertiary/aromatic N) is 1. The van der Waals surface area contributed by atoms with E-state index in [2.05, 4.69) is 29.3 Å². The van der Waals surface area contributed by atoms with Crippen LogP contribution in [0.4, 0.5) is 0 Å². The molecule has 0 spiro atoms. The molecule has 1 aliphatic rings. The normalized spacial score (nSPS) is 17.0. The maximum Gasteiger partial charge on any atom is 0.123 e. The first-order valence-corrected chi connectivity index (χ1v) is 7.81. The molecule has 1 atom stereocenters. The van der Waals surface area contributed by atoms with Gasteiger partial charge in [-0.2, -0.15) is 0 Å². The fourth-order valence-corrected chi connectivity index (χ4v) is 2.93. The highest BCUT2D eigenvalue weighted by molar-refractivity contribution is 5.36. The van der Waals surface area contributed by atoms with E-state index in [1.165, 1.54) is 31.4 Å². The molecule has 3 nitrogen and oxygen atoms in total. The number of para-hydroxylation sites is 1. The Morgan fingerprint density at radius 3 is 2.65 bits per heavy atom. The highest BCUT2D eigenvalue weighted by atomic mass is 16.5.